The molecule has 1 aromatic carbocycles. The van der Waals surface area contributed by atoms with Crippen molar-refractivity contribution < 1.29 is 9.26 Å². The Morgan fingerprint density at radius 2 is 2.00 bits per heavy atom. The minimum atomic E-state index is 0.261. The average molecular weight is 271 g/mol. The Bertz CT molecular complexity index is 713. The summed E-state index contributed by atoms with van der Waals surface area (Å²) in [5.74, 6) is 0.927. The molecular formula is C13H13N5O2. The quantitative estimate of drug-likeness (QED) is 0.695. The van der Waals surface area contributed by atoms with Crippen molar-refractivity contribution in [3.63, 3.8) is 0 Å². The highest BCUT2D eigenvalue weighted by molar-refractivity contribution is 5.79. The van der Waals surface area contributed by atoms with Crippen molar-refractivity contribution in [2.24, 2.45) is 5.73 Å². The fraction of sp³-hybridized carbons (Fsp3) is 0.231. The molecule has 2 aromatic heterocycles. The second-order valence-corrected chi connectivity index (χ2v) is 4.11. The number of benzene rings is 1. The third-order valence-electron chi connectivity index (χ3n) is 2.68. The van der Waals surface area contributed by atoms with E-state index in [1.165, 1.54) is 0 Å². The summed E-state index contributed by atoms with van der Waals surface area (Å²) in [6.45, 7) is 1.19. The fourth-order valence-corrected chi connectivity index (χ4v) is 1.78. The molecule has 0 unspecified atom stereocenters. The smallest absolute Gasteiger partial charge is 0.252 e. The molecule has 3 rings (SSSR count). The van der Waals surface area contributed by atoms with E-state index in [1.807, 2.05) is 18.2 Å². The number of rotatable bonds is 5. The van der Waals surface area contributed by atoms with Crippen molar-refractivity contribution in [1.82, 2.24) is 20.1 Å². The zero-order valence-electron chi connectivity index (χ0n) is 10.7. The van der Waals surface area contributed by atoms with Crippen LogP contribution in [0.25, 0.3) is 22.4 Å². The van der Waals surface area contributed by atoms with E-state index in [1.54, 1.807) is 12.4 Å². The lowest BCUT2D eigenvalue weighted by Gasteiger charge is -1.97. The van der Waals surface area contributed by atoms with Gasteiger partial charge >= 0.3 is 0 Å². The summed E-state index contributed by atoms with van der Waals surface area (Å²) < 4.78 is 10.4. The zero-order chi connectivity index (χ0) is 13.8. The number of ether oxygens (including phenoxy) is 1. The molecule has 20 heavy (non-hydrogen) atoms. The van der Waals surface area contributed by atoms with Crippen LogP contribution in [0.4, 0.5) is 0 Å². The molecule has 0 fully saturated rings. The summed E-state index contributed by atoms with van der Waals surface area (Å²) in [6.07, 6.45) is 3.30. The van der Waals surface area contributed by atoms with Crippen LogP contribution in [0.2, 0.25) is 0 Å². The number of hydrogen-bond donors (Lipinski definition) is 1. The van der Waals surface area contributed by atoms with Gasteiger partial charge in [0.25, 0.3) is 5.89 Å². The van der Waals surface area contributed by atoms with Gasteiger partial charge in [-0.15, -0.1) is 0 Å². The number of aromatic nitrogens is 4. The van der Waals surface area contributed by atoms with Gasteiger partial charge in [-0.2, -0.15) is 4.98 Å². The van der Waals surface area contributed by atoms with Crippen LogP contribution in [-0.4, -0.2) is 33.3 Å². The predicted molar refractivity (Wildman–Crippen MR) is 71.5 cm³/mol. The zero-order valence-corrected chi connectivity index (χ0v) is 10.7. The van der Waals surface area contributed by atoms with Crippen LogP contribution >= 0.6 is 0 Å². The maximum atomic E-state index is 5.34. The molecule has 0 saturated heterocycles. The molecule has 7 nitrogen and oxygen atoms in total. The van der Waals surface area contributed by atoms with Gasteiger partial charge < -0.3 is 15.0 Å². The average Bonchev–Trinajstić information content (AvgIpc) is 2.96. The molecule has 0 spiro atoms. The SMILES string of the molecule is NCCOCc1nc(-c2ccc3nccnc3c2)no1. The third kappa shape index (κ3) is 2.63. The van der Waals surface area contributed by atoms with E-state index in [2.05, 4.69) is 20.1 Å². The Hall–Kier alpha value is -2.38. The van der Waals surface area contributed by atoms with Gasteiger partial charge in [0.15, 0.2) is 0 Å². The fourth-order valence-electron chi connectivity index (χ4n) is 1.78. The Balaban J connectivity index is 1.83. The van der Waals surface area contributed by atoms with E-state index in [0.29, 0.717) is 24.9 Å². The molecule has 0 radical (unpaired) electrons. The summed E-state index contributed by atoms with van der Waals surface area (Å²) in [7, 11) is 0. The molecule has 0 bridgehead atoms. The van der Waals surface area contributed by atoms with Gasteiger partial charge in [-0.1, -0.05) is 5.16 Å². The summed E-state index contributed by atoms with van der Waals surface area (Å²) in [5, 5.41) is 3.93. The summed E-state index contributed by atoms with van der Waals surface area (Å²) in [5.41, 5.74) is 7.78. The van der Waals surface area contributed by atoms with Gasteiger partial charge in [-0.25, -0.2) is 0 Å². The minimum Gasteiger partial charge on any atom is -0.370 e. The van der Waals surface area contributed by atoms with E-state index in [0.717, 1.165) is 16.6 Å². The molecule has 0 saturated carbocycles. The van der Waals surface area contributed by atoms with Crippen molar-refractivity contribution in [2.45, 2.75) is 6.61 Å². The van der Waals surface area contributed by atoms with E-state index in [-0.39, 0.29) is 6.61 Å². The van der Waals surface area contributed by atoms with E-state index in [9.17, 15) is 0 Å². The Morgan fingerprint density at radius 3 is 2.85 bits per heavy atom. The summed E-state index contributed by atoms with van der Waals surface area (Å²) in [6, 6.07) is 5.63. The molecule has 2 heterocycles. The Morgan fingerprint density at radius 1 is 1.15 bits per heavy atom. The lowest BCUT2D eigenvalue weighted by molar-refractivity contribution is 0.104. The highest BCUT2D eigenvalue weighted by Gasteiger charge is 2.09. The second kappa shape index (κ2) is 5.72. The highest BCUT2D eigenvalue weighted by Crippen LogP contribution is 2.19. The van der Waals surface area contributed by atoms with Crippen molar-refractivity contribution in [3.8, 4) is 11.4 Å². The van der Waals surface area contributed by atoms with Crippen LogP contribution < -0.4 is 5.73 Å². The van der Waals surface area contributed by atoms with Crippen LogP contribution in [0.1, 0.15) is 5.89 Å². The first-order valence-electron chi connectivity index (χ1n) is 6.18. The van der Waals surface area contributed by atoms with Crippen LogP contribution in [0.15, 0.2) is 35.1 Å². The predicted octanol–water partition coefficient (Wildman–Crippen LogP) is 1.16. The largest absolute Gasteiger partial charge is 0.370 e. The van der Waals surface area contributed by atoms with Crippen molar-refractivity contribution >= 4 is 11.0 Å². The van der Waals surface area contributed by atoms with Gasteiger partial charge in [-0.05, 0) is 18.2 Å². The van der Waals surface area contributed by atoms with Crippen molar-refractivity contribution in [1.29, 1.82) is 0 Å². The Kier molecular flexibility index (Phi) is 3.62. The van der Waals surface area contributed by atoms with Crippen molar-refractivity contribution in [2.75, 3.05) is 13.2 Å². The lowest BCUT2D eigenvalue weighted by atomic mass is 10.2. The first kappa shape index (κ1) is 12.6. The molecule has 7 heteroatoms. The molecule has 0 aliphatic carbocycles. The molecule has 0 atom stereocenters. The molecular weight excluding hydrogens is 258 g/mol. The maximum absolute atomic E-state index is 5.34. The van der Waals surface area contributed by atoms with Crippen molar-refractivity contribution in [3.05, 3.63) is 36.5 Å². The van der Waals surface area contributed by atoms with E-state index < -0.39 is 0 Å². The number of nitrogens with zero attached hydrogens (tertiary/aromatic N) is 4. The standard InChI is InChI=1S/C13H13N5O2/c14-3-6-19-8-12-17-13(18-20-12)9-1-2-10-11(7-9)16-5-4-15-10/h1-2,4-5,7H,3,6,8,14H2. The highest BCUT2D eigenvalue weighted by atomic mass is 16.5. The third-order valence-corrected chi connectivity index (χ3v) is 2.68. The number of hydrogen-bond acceptors (Lipinski definition) is 7. The molecule has 102 valence electrons. The first-order valence-corrected chi connectivity index (χ1v) is 6.18. The first-order chi connectivity index (χ1) is 9.86. The normalized spacial score (nSPS) is 11.1. The molecule has 3 aromatic rings. The monoisotopic (exact) mass is 271 g/mol. The Labute approximate surface area is 114 Å². The topological polar surface area (TPSA) is 100.0 Å². The van der Waals surface area contributed by atoms with Gasteiger partial charge in [-0.3, -0.25) is 9.97 Å². The molecule has 2 N–H and O–H groups in total. The van der Waals surface area contributed by atoms with Crippen LogP contribution in [0, 0.1) is 0 Å². The summed E-state index contributed by atoms with van der Waals surface area (Å²) in [4.78, 5) is 12.7. The van der Waals surface area contributed by atoms with Gasteiger partial charge in [0.2, 0.25) is 5.82 Å². The summed E-state index contributed by atoms with van der Waals surface area (Å²) >= 11 is 0. The molecule has 0 aliphatic heterocycles. The van der Waals surface area contributed by atoms with Gasteiger partial charge in [0.05, 0.1) is 17.6 Å². The van der Waals surface area contributed by atoms with Crippen LogP contribution in [0.5, 0.6) is 0 Å². The number of fused-ring (bicyclic) bond motifs is 1. The lowest BCUT2D eigenvalue weighted by Crippen LogP contribution is -2.08. The number of nitrogens with two attached hydrogens (primary N) is 1. The molecule has 0 aliphatic rings. The van der Waals surface area contributed by atoms with Gasteiger partial charge in [0.1, 0.15) is 6.61 Å². The van der Waals surface area contributed by atoms with E-state index >= 15 is 0 Å². The van der Waals surface area contributed by atoms with E-state index in [4.69, 9.17) is 15.0 Å². The maximum Gasteiger partial charge on any atom is 0.252 e. The van der Waals surface area contributed by atoms with Crippen LogP contribution in [0.3, 0.4) is 0 Å². The molecule has 0 amide bonds. The van der Waals surface area contributed by atoms with Gasteiger partial charge in [0, 0.05) is 24.5 Å². The second-order valence-electron chi connectivity index (χ2n) is 4.11. The van der Waals surface area contributed by atoms with Crippen LogP contribution in [-0.2, 0) is 11.3 Å². The minimum absolute atomic E-state index is 0.261.